The van der Waals surface area contributed by atoms with E-state index in [-0.39, 0.29) is 28.5 Å². The van der Waals surface area contributed by atoms with Crippen LogP contribution in [0.3, 0.4) is 0 Å². The number of anilines is 1. The molecule has 10 heteroatoms. The van der Waals surface area contributed by atoms with Crippen LogP contribution in [-0.4, -0.2) is 89.8 Å². The van der Waals surface area contributed by atoms with E-state index in [1.165, 1.54) is 12.3 Å². The van der Waals surface area contributed by atoms with Crippen molar-refractivity contribution >= 4 is 23.2 Å². The quantitative estimate of drug-likeness (QED) is 0.514. The molecule has 0 aliphatic carbocycles. The maximum atomic E-state index is 13.1. The molecule has 2 aromatic rings. The number of hydrogen-bond acceptors (Lipinski definition) is 7. The number of nitro groups is 1. The fourth-order valence-electron chi connectivity index (χ4n) is 4.34. The molecule has 0 bridgehead atoms. The minimum absolute atomic E-state index is 0.0502. The lowest BCUT2D eigenvalue weighted by Gasteiger charge is -2.41. The van der Waals surface area contributed by atoms with Crippen LogP contribution in [0.4, 0.5) is 11.4 Å². The van der Waals surface area contributed by atoms with Crippen molar-refractivity contribution in [1.29, 1.82) is 0 Å². The molecule has 170 valence electrons. The van der Waals surface area contributed by atoms with Gasteiger partial charge in [-0.25, -0.2) is 0 Å². The standard InChI is InChI=1S/C22H27N5O5/c1-17(21(28)25-12-14-26(15-13-25)22(29)20-7-4-16-32-20)23-8-10-24(11-9-23)18-5-2-3-6-19(18)27(30)31/h2-7,16-17H,8-15H2,1H3/t17-/m1/s1. The number of amides is 2. The summed E-state index contributed by atoms with van der Waals surface area (Å²) in [6.45, 7) is 6.38. The summed E-state index contributed by atoms with van der Waals surface area (Å²) in [7, 11) is 0. The van der Waals surface area contributed by atoms with E-state index in [2.05, 4.69) is 4.90 Å². The second-order valence-electron chi connectivity index (χ2n) is 8.04. The zero-order valence-corrected chi connectivity index (χ0v) is 18.1. The summed E-state index contributed by atoms with van der Waals surface area (Å²) in [6.07, 6.45) is 1.48. The molecule has 3 heterocycles. The van der Waals surface area contributed by atoms with Gasteiger partial charge in [-0.3, -0.25) is 24.6 Å². The number of para-hydroxylation sites is 2. The second-order valence-corrected chi connectivity index (χ2v) is 8.04. The van der Waals surface area contributed by atoms with Crippen molar-refractivity contribution in [2.75, 3.05) is 57.3 Å². The van der Waals surface area contributed by atoms with Crippen molar-refractivity contribution in [3.63, 3.8) is 0 Å². The van der Waals surface area contributed by atoms with Crippen LogP contribution >= 0.6 is 0 Å². The van der Waals surface area contributed by atoms with Crippen molar-refractivity contribution in [2.45, 2.75) is 13.0 Å². The number of nitrogens with zero attached hydrogens (tertiary/aromatic N) is 5. The normalized spacial score (nSPS) is 18.5. The van der Waals surface area contributed by atoms with Gasteiger partial charge in [0.15, 0.2) is 5.76 Å². The highest BCUT2D eigenvalue weighted by atomic mass is 16.6. The smallest absolute Gasteiger partial charge is 0.292 e. The topological polar surface area (TPSA) is 103 Å². The third-order valence-electron chi connectivity index (χ3n) is 6.25. The first-order chi connectivity index (χ1) is 15.5. The largest absolute Gasteiger partial charge is 0.459 e. The van der Waals surface area contributed by atoms with Gasteiger partial charge < -0.3 is 19.1 Å². The van der Waals surface area contributed by atoms with Crippen LogP contribution in [0.1, 0.15) is 17.5 Å². The van der Waals surface area contributed by atoms with Gasteiger partial charge in [0.2, 0.25) is 5.91 Å². The monoisotopic (exact) mass is 441 g/mol. The van der Waals surface area contributed by atoms with Gasteiger partial charge in [-0.15, -0.1) is 0 Å². The number of benzene rings is 1. The number of carbonyl (C=O) groups is 2. The highest BCUT2D eigenvalue weighted by molar-refractivity contribution is 5.91. The number of furan rings is 1. The first kappa shape index (κ1) is 21.8. The molecule has 2 fully saturated rings. The molecule has 1 aromatic heterocycles. The average molecular weight is 441 g/mol. The Balaban J connectivity index is 1.29. The third-order valence-corrected chi connectivity index (χ3v) is 6.25. The molecular weight excluding hydrogens is 414 g/mol. The Kier molecular flexibility index (Phi) is 6.40. The first-order valence-corrected chi connectivity index (χ1v) is 10.8. The van der Waals surface area contributed by atoms with E-state index in [4.69, 9.17) is 4.42 Å². The lowest BCUT2D eigenvalue weighted by molar-refractivity contribution is -0.384. The predicted octanol–water partition coefficient (Wildman–Crippen LogP) is 1.68. The van der Waals surface area contributed by atoms with Gasteiger partial charge in [0.1, 0.15) is 5.69 Å². The molecule has 0 radical (unpaired) electrons. The molecule has 4 rings (SSSR count). The lowest BCUT2D eigenvalue weighted by atomic mass is 10.1. The molecule has 0 saturated carbocycles. The lowest BCUT2D eigenvalue weighted by Crippen LogP contribution is -2.58. The van der Waals surface area contributed by atoms with Crippen LogP contribution in [0.2, 0.25) is 0 Å². The van der Waals surface area contributed by atoms with E-state index in [0.29, 0.717) is 63.8 Å². The Hall–Kier alpha value is -3.40. The van der Waals surface area contributed by atoms with Crippen molar-refractivity contribution in [2.24, 2.45) is 0 Å². The van der Waals surface area contributed by atoms with E-state index in [1.54, 1.807) is 35.2 Å². The summed E-state index contributed by atoms with van der Waals surface area (Å²) in [5, 5.41) is 11.3. The molecule has 1 aromatic carbocycles. The summed E-state index contributed by atoms with van der Waals surface area (Å²) in [4.78, 5) is 44.1. The molecule has 2 aliphatic heterocycles. The van der Waals surface area contributed by atoms with E-state index in [9.17, 15) is 19.7 Å². The molecular formula is C22H27N5O5. The molecule has 2 saturated heterocycles. The van der Waals surface area contributed by atoms with Crippen molar-refractivity contribution in [3.8, 4) is 0 Å². The molecule has 0 unspecified atom stereocenters. The van der Waals surface area contributed by atoms with Gasteiger partial charge in [0, 0.05) is 58.4 Å². The van der Waals surface area contributed by atoms with Crippen LogP contribution in [0, 0.1) is 10.1 Å². The first-order valence-electron chi connectivity index (χ1n) is 10.8. The molecule has 0 N–H and O–H groups in total. The Labute approximate surface area is 186 Å². The van der Waals surface area contributed by atoms with Crippen molar-refractivity contribution in [1.82, 2.24) is 14.7 Å². The van der Waals surface area contributed by atoms with Gasteiger partial charge in [-0.2, -0.15) is 0 Å². The highest BCUT2D eigenvalue weighted by Gasteiger charge is 2.32. The summed E-state index contributed by atoms with van der Waals surface area (Å²) in [6, 6.07) is 9.80. The number of hydrogen-bond donors (Lipinski definition) is 0. The SMILES string of the molecule is C[C@H](C(=O)N1CCN(C(=O)c2ccco2)CC1)N1CCN(c2ccccc2[N+](=O)[O-])CC1. The minimum atomic E-state index is -0.357. The zero-order chi connectivity index (χ0) is 22.7. The maximum absolute atomic E-state index is 13.1. The van der Waals surface area contributed by atoms with E-state index in [0.717, 1.165) is 0 Å². The molecule has 0 spiro atoms. The van der Waals surface area contributed by atoms with Gasteiger partial charge in [0.05, 0.1) is 17.2 Å². The molecule has 10 nitrogen and oxygen atoms in total. The predicted molar refractivity (Wildman–Crippen MR) is 118 cm³/mol. The van der Waals surface area contributed by atoms with Gasteiger partial charge >= 0.3 is 0 Å². The molecule has 32 heavy (non-hydrogen) atoms. The van der Waals surface area contributed by atoms with Crippen LogP contribution in [0.25, 0.3) is 0 Å². The highest BCUT2D eigenvalue weighted by Crippen LogP contribution is 2.28. The van der Waals surface area contributed by atoms with Crippen LogP contribution in [0.5, 0.6) is 0 Å². The Bertz CT molecular complexity index is 963. The summed E-state index contributed by atoms with van der Waals surface area (Å²) in [5.74, 6) is 0.213. The Morgan fingerprint density at radius 1 is 0.938 bits per heavy atom. The van der Waals surface area contributed by atoms with Crippen LogP contribution in [-0.2, 0) is 4.79 Å². The number of piperazine rings is 2. The Morgan fingerprint density at radius 3 is 2.22 bits per heavy atom. The van der Waals surface area contributed by atoms with Gasteiger partial charge in [-0.1, -0.05) is 12.1 Å². The maximum Gasteiger partial charge on any atom is 0.292 e. The number of nitro benzene ring substituents is 1. The third kappa shape index (κ3) is 4.45. The average Bonchev–Trinajstić information content (AvgIpc) is 3.38. The van der Waals surface area contributed by atoms with Gasteiger partial charge in [-0.05, 0) is 25.1 Å². The van der Waals surface area contributed by atoms with E-state index in [1.807, 2.05) is 16.7 Å². The summed E-state index contributed by atoms with van der Waals surface area (Å²) < 4.78 is 5.18. The minimum Gasteiger partial charge on any atom is -0.459 e. The van der Waals surface area contributed by atoms with E-state index < -0.39 is 0 Å². The molecule has 2 aliphatic rings. The fraction of sp³-hybridized carbons (Fsp3) is 0.455. The number of carbonyl (C=O) groups excluding carboxylic acids is 2. The van der Waals surface area contributed by atoms with Crippen LogP contribution in [0.15, 0.2) is 47.1 Å². The van der Waals surface area contributed by atoms with Crippen LogP contribution < -0.4 is 4.90 Å². The van der Waals surface area contributed by atoms with E-state index >= 15 is 0 Å². The molecule has 1 atom stereocenters. The summed E-state index contributed by atoms with van der Waals surface area (Å²) in [5.41, 5.74) is 0.723. The fourth-order valence-corrected chi connectivity index (χ4v) is 4.34. The van der Waals surface area contributed by atoms with Gasteiger partial charge in [0.25, 0.3) is 11.6 Å². The zero-order valence-electron chi connectivity index (χ0n) is 18.1. The molecule has 2 amide bonds. The summed E-state index contributed by atoms with van der Waals surface area (Å²) >= 11 is 0. The Morgan fingerprint density at radius 2 is 1.59 bits per heavy atom. The number of rotatable bonds is 5. The van der Waals surface area contributed by atoms with Crippen molar-refractivity contribution < 1.29 is 18.9 Å². The second kappa shape index (κ2) is 9.39. The van der Waals surface area contributed by atoms with Crippen molar-refractivity contribution in [3.05, 3.63) is 58.5 Å².